The molecule has 0 aliphatic heterocycles. The van der Waals surface area contributed by atoms with Crippen LogP contribution in [0.5, 0.6) is 0 Å². The van der Waals surface area contributed by atoms with Crippen LogP contribution in [-0.2, 0) is 4.79 Å². The van der Waals surface area contributed by atoms with E-state index < -0.39 is 24.2 Å². The maximum Gasteiger partial charge on any atom is 0.450 e. The van der Waals surface area contributed by atoms with E-state index in [9.17, 15) is 22.8 Å². The second kappa shape index (κ2) is 6.26. The molecule has 0 unspecified atom stereocenters. The molecule has 1 rings (SSSR count). The molecule has 0 aliphatic rings. The maximum atomic E-state index is 11.8. The van der Waals surface area contributed by atoms with Gasteiger partial charge >= 0.3 is 6.18 Å². The molecule has 7 heteroatoms. The number of hydrogen-bond acceptors (Lipinski definition) is 3. The van der Waals surface area contributed by atoms with Crippen molar-refractivity contribution in [3.8, 4) is 0 Å². The van der Waals surface area contributed by atoms with Crippen molar-refractivity contribution in [1.82, 2.24) is 0 Å². The molecule has 0 saturated carbocycles. The minimum Gasteiger partial charge on any atom is -0.293 e. The Morgan fingerprint density at radius 1 is 1.33 bits per heavy atom. The molecule has 77 valence electrons. The first-order valence-electron chi connectivity index (χ1n) is 3.58. The predicted octanol–water partition coefficient (Wildman–Crippen LogP) is 2.07. The van der Waals surface area contributed by atoms with Crippen LogP contribution in [0.3, 0.4) is 0 Å². The van der Waals surface area contributed by atoms with Crippen LogP contribution in [0.2, 0.25) is 0 Å². The molecular weight excluding hydrogens is 256 g/mol. The van der Waals surface area contributed by atoms with E-state index in [0.29, 0.717) is 0 Å². The van der Waals surface area contributed by atoms with Gasteiger partial charge < -0.3 is 0 Å². The molecular formula is C8H5F3KO2S. The summed E-state index contributed by atoms with van der Waals surface area (Å²) >= 11 is 1.01. The van der Waals surface area contributed by atoms with Gasteiger partial charge in [0, 0.05) is 51.4 Å². The standard InChI is InChI=1S/C8H5F3O2S.K/c9-8(10,11)7(13)4-5(12)6-2-1-3-14-6;/h1-3H,4H2;. The van der Waals surface area contributed by atoms with Crippen LogP contribution in [0.1, 0.15) is 16.1 Å². The molecule has 0 atom stereocenters. The summed E-state index contributed by atoms with van der Waals surface area (Å²) in [6.45, 7) is 0. The zero-order valence-corrected chi connectivity index (χ0v) is 11.7. The largest absolute Gasteiger partial charge is 0.450 e. The maximum absolute atomic E-state index is 11.8. The number of Topliss-reactive ketones (excluding diaryl/α,β-unsaturated/α-hetero) is 2. The van der Waals surface area contributed by atoms with Gasteiger partial charge in [-0.15, -0.1) is 11.3 Å². The Morgan fingerprint density at radius 2 is 1.93 bits per heavy atom. The third kappa shape index (κ3) is 4.88. The Hall–Kier alpha value is 0.466. The van der Waals surface area contributed by atoms with Gasteiger partial charge in [-0.3, -0.25) is 9.59 Å². The van der Waals surface area contributed by atoms with E-state index in [-0.39, 0.29) is 56.3 Å². The van der Waals surface area contributed by atoms with Gasteiger partial charge in [0.1, 0.15) is 0 Å². The van der Waals surface area contributed by atoms with Gasteiger partial charge in [-0.2, -0.15) is 13.2 Å². The van der Waals surface area contributed by atoms with Crippen LogP contribution in [0.4, 0.5) is 13.2 Å². The van der Waals surface area contributed by atoms with E-state index in [1.807, 2.05) is 0 Å². The van der Waals surface area contributed by atoms with Crippen LogP contribution in [0.15, 0.2) is 17.5 Å². The van der Waals surface area contributed by atoms with Crippen LogP contribution in [0.25, 0.3) is 0 Å². The average molecular weight is 261 g/mol. The van der Waals surface area contributed by atoms with E-state index in [4.69, 9.17) is 0 Å². The molecule has 0 spiro atoms. The third-order valence-electron chi connectivity index (χ3n) is 1.43. The first-order valence-corrected chi connectivity index (χ1v) is 4.46. The Morgan fingerprint density at radius 3 is 2.33 bits per heavy atom. The van der Waals surface area contributed by atoms with Crippen LogP contribution < -0.4 is 0 Å². The number of halogens is 3. The van der Waals surface area contributed by atoms with Crippen molar-refractivity contribution in [3.05, 3.63) is 22.4 Å². The normalized spacial score (nSPS) is 10.6. The van der Waals surface area contributed by atoms with Crippen molar-refractivity contribution in [2.45, 2.75) is 12.6 Å². The molecule has 1 aromatic rings. The molecule has 0 amide bonds. The molecule has 2 nitrogen and oxygen atoms in total. The summed E-state index contributed by atoms with van der Waals surface area (Å²) < 4.78 is 35.3. The minimum atomic E-state index is -4.92. The van der Waals surface area contributed by atoms with Crippen molar-refractivity contribution in [1.29, 1.82) is 0 Å². The van der Waals surface area contributed by atoms with Crippen molar-refractivity contribution in [3.63, 3.8) is 0 Å². The smallest absolute Gasteiger partial charge is 0.293 e. The van der Waals surface area contributed by atoms with Gasteiger partial charge in [0.15, 0.2) is 5.78 Å². The van der Waals surface area contributed by atoms with Crippen LogP contribution in [0, 0.1) is 0 Å². The summed E-state index contributed by atoms with van der Waals surface area (Å²) in [6, 6.07) is 2.92. The summed E-state index contributed by atoms with van der Waals surface area (Å²) in [4.78, 5) is 21.7. The average Bonchev–Trinajstić information content (AvgIpc) is 2.53. The second-order valence-electron chi connectivity index (χ2n) is 2.50. The number of carbonyl (C=O) groups is 2. The molecule has 15 heavy (non-hydrogen) atoms. The van der Waals surface area contributed by atoms with E-state index in [0.717, 1.165) is 11.3 Å². The summed E-state index contributed by atoms with van der Waals surface area (Å²) in [5.41, 5.74) is 0. The Labute approximate surface area is 130 Å². The molecule has 0 saturated heterocycles. The van der Waals surface area contributed by atoms with Gasteiger partial charge in [0.25, 0.3) is 0 Å². The number of hydrogen-bond donors (Lipinski definition) is 0. The predicted molar refractivity (Wildman–Crippen MR) is 50.1 cm³/mol. The van der Waals surface area contributed by atoms with Crippen molar-refractivity contribution in [2.75, 3.05) is 0 Å². The number of thiophene rings is 1. The number of ketones is 2. The fourth-order valence-electron chi connectivity index (χ4n) is 0.770. The monoisotopic (exact) mass is 261 g/mol. The Kier molecular flexibility index (Phi) is 6.46. The fraction of sp³-hybridized carbons (Fsp3) is 0.250. The molecule has 1 radical (unpaired) electrons. The minimum absolute atomic E-state index is 0. The topological polar surface area (TPSA) is 34.1 Å². The van der Waals surface area contributed by atoms with E-state index in [1.165, 1.54) is 12.1 Å². The molecule has 0 fully saturated rings. The molecule has 1 heterocycles. The van der Waals surface area contributed by atoms with Gasteiger partial charge in [-0.25, -0.2) is 0 Å². The molecule has 1 aromatic heterocycles. The van der Waals surface area contributed by atoms with Gasteiger partial charge in [0.05, 0.1) is 11.3 Å². The summed E-state index contributed by atoms with van der Waals surface area (Å²) in [5.74, 6) is -2.79. The van der Waals surface area contributed by atoms with Gasteiger partial charge in [-0.05, 0) is 11.4 Å². The first kappa shape index (κ1) is 15.5. The quantitative estimate of drug-likeness (QED) is 0.474. The number of rotatable bonds is 3. The second-order valence-corrected chi connectivity index (χ2v) is 3.45. The first-order chi connectivity index (χ1) is 6.41. The summed E-state index contributed by atoms with van der Waals surface area (Å²) in [5, 5.41) is 1.56. The van der Waals surface area contributed by atoms with E-state index in [2.05, 4.69) is 0 Å². The summed E-state index contributed by atoms with van der Waals surface area (Å²) in [7, 11) is 0. The SMILES string of the molecule is O=C(CC(=O)C(F)(F)F)c1cccs1.[K]. The Bertz CT molecular complexity index is 345. The van der Waals surface area contributed by atoms with Gasteiger partial charge in [0.2, 0.25) is 5.78 Å². The zero-order valence-electron chi connectivity index (χ0n) is 7.80. The van der Waals surface area contributed by atoms with Crippen molar-refractivity contribution >= 4 is 74.3 Å². The van der Waals surface area contributed by atoms with Crippen molar-refractivity contribution in [2.24, 2.45) is 0 Å². The summed E-state index contributed by atoms with van der Waals surface area (Å²) in [6.07, 6.45) is -6.03. The molecule has 0 aliphatic carbocycles. The van der Waals surface area contributed by atoms with Crippen molar-refractivity contribution < 1.29 is 22.8 Å². The Balaban J connectivity index is 0.00000196. The van der Waals surface area contributed by atoms with Crippen LogP contribution in [-0.4, -0.2) is 69.1 Å². The zero-order chi connectivity index (χ0) is 10.8. The molecule has 0 bridgehead atoms. The molecule has 0 aromatic carbocycles. The molecule has 0 N–H and O–H groups in total. The number of alkyl halides is 3. The van der Waals surface area contributed by atoms with E-state index >= 15 is 0 Å². The third-order valence-corrected chi connectivity index (χ3v) is 2.34. The number of carbonyl (C=O) groups excluding carboxylic acids is 2. The fourth-order valence-corrected chi connectivity index (χ4v) is 1.43. The van der Waals surface area contributed by atoms with Gasteiger partial charge in [-0.1, -0.05) is 6.07 Å². The van der Waals surface area contributed by atoms with Crippen LogP contribution >= 0.6 is 11.3 Å². The van der Waals surface area contributed by atoms with E-state index in [1.54, 1.807) is 5.38 Å².